The summed E-state index contributed by atoms with van der Waals surface area (Å²) in [5.74, 6) is 0.142. The number of nitrogens with two attached hydrogens (primary N) is 1. The number of pyridine rings is 1. The summed E-state index contributed by atoms with van der Waals surface area (Å²) < 4.78 is 0. The number of carbonyl (C=O) groups is 1. The van der Waals surface area contributed by atoms with Gasteiger partial charge in [-0.05, 0) is 73.2 Å². The van der Waals surface area contributed by atoms with Gasteiger partial charge in [0.25, 0.3) is 7.41 Å². The van der Waals surface area contributed by atoms with E-state index < -0.39 is 5.97 Å². The number of anilines is 1. The van der Waals surface area contributed by atoms with E-state index >= 15 is 0 Å². The van der Waals surface area contributed by atoms with Crippen LogP contribution in [0.5, 0.6) is 0 Å². The summed E-state index contributed by atoms with van der Waals surface area (Å²) in [4.78, 5) is 17.8. The second kappa shape index (κ2) is 5.65. The molecule has 1 aromatic rings. The van der Waals surface area contributed by atoms with Crippen molar-refractivity contribution in [1.29, 1.82) is 0 Å². The monoisotopic (exact) mass is 333 g/mol. The molecule has 0 spiro atoms. The van der Waals surface area contributed by atoms with Crippen LogP contribution in [0.1, 0.15) is 32.3 Å². The molecule has 0 radical (unpaired) electrons. The smallest absolute Gasteiger partial charge is 0.324 e. The summed E-state index contributed by atoms with van der Waals surface area (Å²) in [6.07, 6.45) is 8.02. The van der Waals surface area contributed by atoms with Crippen molar-refractivity contribution in [2.45, 2.75) is 26.7 Å². The first-order valence-corrected chi connectivity index (χ1v) is 8.52. The number of carboxylic acid groups (broad SMARTS) is 1. The predicted molar refractivity (Wildman–Crippen MR) is 99.5 cm³/mol. The lowest BCUT2D eigenvalue weighted by Crippen LogP contribution is -2.34. The molecule has 25 heavy (non-hydrogen) atoms. The Kier molecular flexibility index (Phi) is 3.56. The van der Waals surface area contributed by atoms with Crippen molar-refractivity contribution in [3.8, 4) is 0 Å². The molecule has 4 rings (SSSR count). The van der Waals surface area contributed by atoms with Crippen LogP contribution in [0.25, 0.3) is 5.57 Å². The highest BCUT2D eigenvalue weighted by atomic mass is 16.4. The lowest BCUT2D eigenvalue weighted by Gasteiger charge is -2.36. The maximum absolute atomic E-state index is 11.5. The number of aromatic nitrogens is 1. The Hall–Kier alpha value is -2.76. The molecule has 5 nitrogen and oxygen atoms in total. The molecular formula is C19H20BN3O2. The summed E-state index contributed by atoms with van der Waals surface area (Å²) >= 11 is 0. The number of aliphatic carboxylic acids is 1. The second-order valence-corrected chi connectivity index (χ2v) is 6.96. The summed E-state index contributed by atoms with van der Waals surface area (Å²) in [6.45, 7) is 4.17. The summed E-state index contributed by atoms with van der Waals surface area (Å²) in [6, 6.07) is 3.81. The number of hydrogen-bond acceptors (Lipinski definition) is 4. The van der Waals surface area contributed by atoms with Gasteiger partial charge in [0.05, 0.1) is 0 Å². The Balaban J connectivity index is 1.90. The fraction of sp³-hybridized carbons (Fsp3) is 0.263. The van der Waals surface area contributed by atoms with Crippen molar-refractivity contribution in [1.82, 2.24) is 9.79 Å². The van der Waals surface area contributed by atoms with Crippen LogP contribution in [0.15, 0.2) is 58.5 Å². The molecule has 3 aliphatic rings. The molecule has 126 valence electrons. The molecule has 3 heterocycles. The van der Waals surface area contributed by atoms with Gasteiger partial charge in [0.15, 0.2) is 0 Å². The lowest BCUT2D eigenvalue weighted by molar-refractivity contribution is -0.132. The number of rotatable bonds is 3. The summed E-state index contributed by atoms with van der Waals surface area (Å²) in [5.41, 5.74) is 13.0. The minimum atomic E-state index is -0.835. The Bertz CT molecular complexity index is 890. The van der Waals surface area contributed by atoms with Gasteiger partial charge in [-0.3, -0.25) is 0 Å². The van der Waals surface area contributed by atoms with Crippen LogP contribution >= 0.6 is 0 Å². The standard InChI is InChI=1S/C19H20BN3O2/c1-10-9-23-18(11(2)17(10)13-5-6-16(21)22-8-13)14(12-3-4-12)7-15(20-23)19(24)25/h5-9,12,20H,3-4H2,1-2H3,(H2,21,22)(H,24,25). The highest BCUT2D eigenvalue weighted by Crippen LogP contribution is 2.46. The van der Waals surface area contributed by atoms with Crippen molar-refractivity contribution >= 4 is 24.8 Å². The fourth-order valence-electron chi connectivity index (χ4n) is 3.82. The van der Waals surface area contributed by atoms with Crippen LogP contribution in [0.4, 0.5) is 5.82 Å². The first kappa shape index (κ1) is 15.8. The number of hydrogen-bond donors (Lipinski definition) is 2. The minimum absolute atomic E-state index is 0.406. The number of carboxylic acids is 1. The van der Waals surface area contributed by atoms with Gasteiger partial charge in [-0.2, -0.15) is 0 Å². The molecule has 1 aromatic heterocycles. The highest BCUT2D eigenvalue weighted by molar-refractivity contribution is 6.52. The molecular weight excluding hydrogens is 313 g/mol. The molecule has 1 saturated carbocycles. The zero-order valence-electron chi connectivity index (χ0n) is 14.4. The maximum Gasteiger partial charge on any atom is 0.324 e. The quantitative estimate of drug-likeness (QED) is 0.832. The van der Waals surface area contributed by atoms with Gasteiger partial charge in [-0.25, -0.2) is 9.78 Å². The predicted octanol–water partition coefficient (Wildman–Crippen LogP) is 2.65. The molecule has 0 amide bonds. The van der Waals surface area contributed by atoms with Gasteiger partial charge in [-0.15, -0.1) is 0 Å². The van der Waals surface area contributed by atoms with Crippen molar-refractivity contribution < 1.29 is 9.90 Å². The third-order valence-corrected chi connectivity index (χ3v) is 5.07. The second-order valence-electron chi connectivity index (χ2n) is 6.96. The minimum Gasteiger partial charge on any atom is -0.478 e. The Morgan fingerprint density at radius 3 is 2.72 bits per heavy atom. The van der Waals surface area contributed by atoms with Crippen LogP contribution in [0, 0.1) is 5.92 Å². The summed E-state index contributed by atoms with van der Waals surface area (Å²) in [5, 5.41) is 9.47. The molecule has 2 aliphatic heterocycles. The van der Waals surface area contributed by atoms with E-state index in [0.717, 1.165) is 40.8 Å². The number of nitrogen functional groups attached to an aromatic ring is 1. The van der Waals surface area contributed by atoms with Crippen molar-refractivity contribution in [3.63, 3.8) is 0 Å². The van der Waals surface area contributed by atoms with E-state index in [0.29, 0.717) is 24.6 Å². The van der Waals surface area contributed by atoms with E-state index in [1.165, 1.54) is 5.57 Å². The Morgan fingerprint density at radius 1 is 1.36 bits per heavy atom. The van der Waals surface area contributed by atoms with E-state index in [1.54, 1.807) is 6.20 Å². The molecule has 1 fully saturated rings. The van der Waals surface area contributed by atoms with E-state index in [9.17, 15) is 9.90 Å². The molecule has 0 aromatic carbocycles. The fourth-order valence-corrected chi connectivity index (χ4v) is 3.82. The average molecular weight is 333 g/mol. The van der Waals surface area contributed by atoms with Crippen LogP contribution in [0.3, 0.4) is 0 Å². The van der Waals surface area contributed by atoms with E-state index in [1.807, 2.05) is 18.2 Å². The van der Waals surface area contributed by atoms with Crippen LogP contribution in [0.2, 0.25) is 0 Å². The number of allylic oxidation sites excluding steroid dienone is 5. The van der Waals surface area contributed by atoms with Crippen LogP contribution in [-0.4, -0.2) is 28.3 Å². The molecule has 0 saturated heterocycles. The lowest BCUT2D eigenvalue weighted by atomic mass is 9.71. The molecule has 1 aliphatic carbocycles. The largest absolute Gasteiger partial charge is 0.478 e. The topological polar surface area (TPSA) is 79.5 Å². The Morgan fingerprint density at radius 2 is 2.12 bits per heavy atom. The normalized spacial score (nSPS) is 20.0. The van der Waals surface area contributed by atoms with Gasteiger partial charge in [0.2, 0.25) is 0 Å². The van der Waals surface area contributed by atoms with Crippen LogP contribution < -0.4 is 5.73 Å². The van der Waals surface area contributed by atoms with E-state index in [-0.39, 0.29) is 0 Å². The SMILES string of the molecule is CC1=CN2BC(C(=O)O)=CC(C3CC3)=C2C(C)=C1c1ccc(N)nc1. The number of nitrogens with zero attached hydrogens (tertiary/aromatic N) is 2. The van der Waals surface area contributed by atoms with Gasteiger partial charge < -0.3 is 15.7 Å². The molecule has 0 bridgehead atoms. The van der Waals surface area contributed by atoms with Crippen LogP contribution in [-0.2, 0) is 4.79 Å². The third-order valence-electron chi connectivity index (χ3n) is 5.07. The van der Waals surface area contributed by atoms with Crippen molar-refractivity contribution in [3.05, 3.63) is 64.1 Å². The van der Waals surface area contributed by atoms with Gasteiger partial charge in [0.1, 0.15) is 5.82 Å². The van der Waals surface area contributed by atoms with E-state index in [4.69, 9.17) is 5.73 Å². The van der Waals surface area contributed by atoms with Crippen molar-refractivity contribution in [2.24, 2.45) is 5.92 Å². The number of fused-ring (bicyclic) bond motifs is 1. The highest BCUT2D eigenvalue weighted by Gasteiger charge is 2.36. The van der Waals surface area contributed by atoms with Gasteiger partial charge in [-0.1, -0.05) is 6.08 Å². The first-order valence-electron chi connectivity index (χ1n) is 8.52. The van der Waals surface area contributed by atoms with Crippen molar-refractivity contribution in [2.75, 3.05) is 5.73 Å². The molecule has 0 atom stereocenters. The maximum atomic E-state index is 11.5. The Labute approximate surface area is 147 Å². The van der Waals surface area contributed by atoms with Gasteiger partial charge in [0, 0.05) is 22.9 Å². The summed E-state index contributed by atoms with van der Waals surface area (Å²) in [7, 11) is 0.406. The molecule has 3 N–H and O–H groups in total. The third kappa shape index (κ3) is 2.67. The zero-order valence-corrected chi connectivity index (χ0v) is 14.4. The molecule has 6 heteroatoms. The van der Waals surface area contributed by atoms with E-state index in [2.05, 4.69) is 29.8 Å². The van der Waals surface area contributed by atoms with Gasteiger partial charge >= 0.3 is 5.97 Å². The first-order chi connectivity index (χ1) is 12.0. The molecule has 0 unspecified atom stereocenters. The zero-order chi connectivity index (χ0) is 17.7. The average Bonchev–Trinajstić information content (AvgIpc) is 3.40.